The van der Waals surface area contributed by atoms with Crippen LogP contribution in [0.1, 0.15) is 19.4 Å². The number of hydrogen-bond acceptors (Lipinski definition) is 4. The average molecular weight is 248 g/mol. The molecule has 18 heavy (non-hydrogen) atoms. The molecule has 2 rings (SSSR count). The van der Waals surface area contributed by atoms with Crippen LogP contribution in [0.4, 0.5) is 5.82 Å². The highest BCUT2D eigenvalue weighted by Gasteiger charge is 2.35. The SMILES string of the molecule is CC1(C)Oc2cc(/C=C/C(=O)O)cnc2NC1=O. The molecule has 0 aromatic carbocycles. The summed E-state index contributed by atoms with van der Waals surface area (Å²) in [4.78, 5) is 26.0. The summed E-state index contributed by atoms with van der Waals surface area (Å²) in [5.74, 6) is -0.544. The van der Waals surface area contributed by atoms with Crippen molar-refractivity contribution in [3.63, 3.8) is 0 Å². The van der Waals surface area contributed by atoms with Crippen molar-refractivity contribution in [3.05, 3.63) is 23.9 Å². The fourth-order valence-corrected chi connectivity index (χ4v) is 1.47. The highest BCUT2D eigenvalue weighted by Crippen LogP contribution is 2.32. The van der Waals surface area contributed by atoms with Gasteiger partial charge in [-0.05, 0) is 31.6 Å². The molecule has 0 radical (unpaired) electrons. The van der Waals surface area contributed by atoms with Crippen LogP contribution >= 0.6 is 0 Å². The monoisotopic (exact) mass is 248 g/mol. The number of nitrogens with zero attached hydrogens (tertiary/aromatic N) is 1. The number of anilines is 1. The molecule has 1 amide bonds. The third-order valence-electron chi connectivity index (χ3n) is 2.44. The first kappa shape index (κ1) is 12.1. The number of carbonyl (C=O) groups excluding carboxylic acids is 1. The number of aromatic nitrogens is 1. The minimum atomic E-state index is -1.04. The second kappa shape index (κ2) is 4.14. The summed E-state index contributed by atoms with van der Waals surface area (Å²) < 4.78 is 5.52. The van der Waals surface area contributed by atoms with Crippen molar-refractivity contribution in [1.82, 2.24) is 4.98 Å². The van der Waals surface area contributed by atoms with Gasteiger partial charge in [-0.15, -0.1) is 0 Å². The van der Waals surface area contributed by atoms with E-state index in [1.807, 2.05) is 0 Å². The summed E-state index contributed by atoms with van der Waals surface area (Å²) in [5.41, 5.74) is -0.382. The van der Waals surface area contributed by atoms with E-state index in [-0.39, 0.29) is 5.91 Å². The maximum absolute atomic E-state index is 11.6. The number of rotatable bonds is 2. The molecule has 1 aromatic heterocycles. The molecule has 0 saturated heterocycles. The van der Waals surface area contributed by atoms with Gasteiger partial charge >= 0.3 is 5.97 Å². The van der Waals surface area contributed by atoms with Crippen LogP contribution in [0.3, 0.4) is 0 Å². The highest BCUT2D eigenvalue weighted by molar-refractivity contribution is 5.99. The van der Waals surface area contributed by atoms with Crippen molar-refractivity contribution >= 4 is 23.8 Å². The van der Waals surface area contributed by atoms with E-state index >= 15 is 0 Å². The summed E-state index contributed by atoms with van der Waals surface area (Å²) in [5, 5.41) is 11.2. The second-order valence-electron chi connectivity index (χ2n) is 4.35. The number of carboxylic acid groups (broad SMARTS) is 1. The average Bonchev–Trinajstić information content (AvgIpc) is 2.27. The fourth-order valence-electron chi connectivity index (χ4n) is 1.47. The van der Waals surface area contributed by atoms with Crippen molar-refractivity contribution in [2.45, 2.75) is 19.4 Å². The van der Waals surface area contributed by atoms with Gasteiger partial charge in [-0.25, -0.2) is 9.78 Å². The Morgan fingerprint density at radius 1 is 1.56 bits per heavy atom. The molecule has 2 N–H and O–H groups in total. The molecule has 0 spiro atoms. The lowest BCUT2D eigenvalue weighted by Gasteiger charge is -2.30. The van der Waals surface area contributed by atoms with Crippen molar-refractivity contribution < 1.29 is 19.4 Å². The molecular formula is C12H12N2O4. The van der Waals surface area contributed by atoms with Crippen molar-refractivity contribution in [2.24, 2.45) is 0 Å². The van der Waals surface area contributed by atoms with E-state index in [0.29, 0.717) is 17.1 Å². The van der Waals surface area contributed by atoms with Gasteiger partial charge in [0.05, 0.1) is 0 Å². The smallest absolute Gasteiger partial charge is 0.328 e. The minimum Gasteiger partial charge on any atom is -0.478 e. The van der Waals surface area contributed by atoms with Gasteiger partial charge in [0, 0.05) is 12.3 Å². The van der Waals surface area contributed by atoms with E-state index in [2.05, 4.69) is 10.3 Å². The Balaban J connectivity index is 2.33. The fraction of sp³-hybridized carbons (Fsp3) is 0.250. The number of pyridine rings is 1. The molecule has 2 heterocycles. The van der Waals surface area contributed by atoms with Gasteiger partial charge in [0.1, 0.15) is 0 Å². The first-order valence-electron chi connectivity index (χ1n) is 5.30. The summed E-state index contributed by atoms with van der Waals surface area (Å²) >= 11 is 0. The zero-order chi connectivity index (χ0) is 13.3. The topological polar surface area (TPSA) is 88.5 Å². The molecule has 1 aliphatic rings. The minimum absolute atomic E-state index is 0.267. The predicted molar refractivity (Wildman–Crippen MR) is 64.2 cm³/mol. The number of carbonyl (C=O) groups is 2. The zero-order valence-corrected chi connectivity index (χ0v) is 9.93. The molecule has 0 atom stereocenters. The molecule has 0 unspecified atom stereocenters. The third kappa shape index (κ3) is 2.32. The number of nitrogens with one attached hydrogen (secondary N) is 1. The lowest BCUT2D eigenvalue weighted by Crippen LogP contribution is -2.46. The number of hydrogen-bond donors (Lipinski definition) is 2. The van der Waals surface area contributed by atoms with Gasteiger partial charge in [0.15, 0.2) is 17.2 Å². The normalized spacial score (nSPS) is 16.9. The van der Waals surface area contributed by atoms with Crippen molar-refractivity contribution in [1.29, 1.82) is 0 Å². The van der Waals surface area contributed by atoms with Crippen LogP contribution < -0.4 is 10.1 Å². The Labute approximate surface area is 103 Å². The molecule has 6 nitrogen and oxygen atoms in total. The van der Waals surface area contributed by atoms with E-state index in [0.717, 1.165) is 6.08 Å². The Hall–Kier alpha value is -2.37. The first-order chi connectivity index (χ1) is 8.38. The summed E-state index contributed by atoms with van der Waals surface area (Å²) in [6.07, 6.45) is 3.87. The molecule has 0 bridgehead atoms. The van der Waals surface area contributed by atoms with Crippen LogP contribution in [0.25, 0.3) is 6.08 Å². The maximum Gasteiger partial charge on any atom is 0.328 e. The summed E-state index contributed by atoms with van der Waals surface area (Å²) in [7, 11) is 0. The van der Waals surface area contributed by atoms with Gasteiger partial charge in [0.2, 0.25) is 0 Å². The number of fused-ring (bicyclic) bond motifs is 1. The molecule has 0 aliphatic carbocycles. The maximum atomic E-state index is 11.6. The third-order valence-corrected chi connectivity index (χ3v) is 2.44. The molecular weight excluding hydrogens is 236 g/mol. The number of ether oxygens (including phenoxy) is 1. The summed E-state index contributed by atoms with van der Waals surface area (Å²) in [6.45, 7) is 3.29. The van der Waals surface area contributed by atoms with Gasteiger partial charge in [-0.1, -0.05) is 0 Å². The molecule has 6 heteroatoms. The van der Waals surface area contributed by atoms with Crippen molar-refractivity contribution in [2.75, 3.05) is 5.32 Å². The number of carboxylic acids is 1. The lowest BCUT2D eigenvalue weighted by atomic mass is 10.1. The van der Waals surface area contributed by atoms with E-state index in [4.69, 9.17) is 9.84 Å². The second-order valence-corrected chi connectivity index (χ2v) is 4.35. The van der Waals surface area contributed by atoms with Crippen LogP contribution in [0.5, 0.6) is 5.75 Å². The van der Waals surface area contributed by atoms with Crippen LogP contribution in [-0.4, -0.2) is 27.6 Å². The van der Waals surface area contributed by atoms with Crippen LogP contribution in [-0.2, 0) is 9.59 Å². The zero-order valence-electron chi connectivity index (χ0n) is 9.93. The number of amides is 1. The van der Waals surface area contributed by atoms with Crippen LogP contribution in [0.15, 0.2) is 18.3 Å². The number of aliphatic carboxylic acids is 1. The Morgan fingerprint density at radius 3 is 2.94 bits per heavy atom. The molecule has 0 saturated carbocycles. The Morgan fingerprint density at radius 2 is 2.28 bits per heavy atom. The predicted octanol–water partition coefficient (Wildman–Crippen LogP) is 1.29. The van der Waals surface area contributed by atoms with E-state index in [9.17, 15) is 9.59 Å². The summed E-state index contributed by atoms with van der Waals surface area (Å²) in [6, 6.07) is 1.63. The van der Waals surface area contributed by atoms with E-state index in [1.165, 1.54) is 12.3 Å². The molecule has 0 fully saturated rings. The standard InChI is InChI=1S/C12H12N2O4/c1-12(2)11(17)14-10-8(18-12)5-7(6-13-10)3-4-9(15)16/h3-6H,1-2H3,(H,15,16)(H,13,14,17)/b4-3+. The lowest BCUT2D eigenvalue weighted by molar-refractivity contribution is -0.131. The van der Waals surface area contributed by atoms with E-state index in [1.54, 1.807) is 19.9 Å². The molecule has 94 valence electrons. The largest absolute Gasteiger partial charge is 0.478 e. The van der Waals surface area contributed by atoms with Crippen LogP contribution in [0.2, 0.25) is 0 Å². The molecule has 1 aliphatic heterocycles. The van der Waals surface area contributed by atoms with E-state index < -0.39 is 11.6 Å². The van der Waals surface area contributed by atoms with Gasteiger partial charge in [-0.3, -0.25) is 4.79 Å². The van der Waals surface area contributed by atoms with Crippen molar-refractivity contribution in [3.8, 4) is 5.75 Å². The highest BCUT2D eigenvalue weighted by atomic mass is 16.5. The molecule has 1 aromatic rings. The van der Waals surface area contributed by atoms with Gasteiger partial charge in [-0.2, -0.15) is 0 Å². The first-order valence-corrected chi connectivity index (χ1v) is 5.30. The van der Waals surface area contributed by atoms with Gasteiger partial charge < -0.3 is 15.2 Å². The van der Waals surface area contributed by atoms with Gasteiger partial charge in [0.25, 0.3) is 5.91 Å². The quantitative estimate of drug-likeness (QED) is 0.770. The Bertz CT molecular complexity index is 549. The Kier molecular flexibility index (Phi) is 2.78. The van der Waals surface area contributed by atoms with Crippen LogP contribution in [0, 0.1) is 0 Å².